The maximum absolute atomic E-state index is 12.2. The fourth-order valence-electron chi connectivity index (χ4n) is 0.952. The van der Waals surface area contributed by atoms with E-state index in [2.05, 4.69) is 0 Å². The molecule has 0 bridgehead atoms. The second kappa shape index (κ2) is 4.83. The molecule has 0 fully saturated rings. The molecule has 1 aromatic rings. The molecule has 7 heteroatoms. The molecule has 2 amide bonds. The Morgan fingerprint density at radius 2 is 2.33 bits per heavy atom. The van der Waals surface area contributed by atoms with Gasteiger partial charge in [0, 0.05) is 4.88 Å². The summed E-state index contributed by atoms with van der Waals surface area (Å²) in [6.07, 6.45) is -1.74. The number of hydrogen-bond acceptors (Lipinski definition) is 3. The first-order valence-corrected chi connectivity index (χ1v) is 4.79. The quantitative estimate of drug-likeness (QED) is 0.607. The van der Waals surface area contributed by atoms with Crippen molar-refractivity contribution in [1.29, 1.82) is 5.41 Å². The predicted molar refractivity (Wildman–Crippen MR) is 53.2 cm³/mol. The van der Waals surface area contributed by atoms with Gasteiger partial charge in [0.2, 0.25) is 0 Å². The lowest BCUT2D eigenvalue weighted by atomic mass is 10.4. The Morgan fingerprint density at radius 3 is 2.73 bits per heavy atom. The highest BCUT2D eigenvalue weighted by Crippen LogP contribution is 2.27. The zero-order chi connectivity index (χ0) is 11.4. The topological polar surface area (TPSA) is 70.2 Å². The molecule has 15 heavy (non-hydrogen) atoms. The molecule has 1 aromatic heterocycles. The minimum Gasteiger partial charge on any atom is -0.351 e. The van der Waals surface area contributed by atoms with Crippen LogP contribution in [-0.4, -0.2) is 17.3 Å². The lowest BCUT2D eigenvalue weighted by Crippen LogP contribution is -2.33. The summed E-state index contributed by atoms with van der Waals surface area (Å²) >= 11 is 0.899. The predicted octanol–water partition coefficient (Wildman–Crippen LogP) is 2.17. The van der Waals surface area contributed by atoms with Crippen molar-refractivity contribution in [1.82, 2.24) is 4.90 Å². The number of primary amides is 1. The first-order valence-electron chi connectivity index (χ1n) is 3.98. The molecule has 0 radical (unpaired) electrons. The number of carbonyl (C=O) groups is 1. The van der Waals surface area contributed by atoms with Gasteiger partial charge in [0.15, 0.2) is 0 Å². The van der Waals surface area contributed by atoms with Crippen molar-refractivity contribution in [3.05, 3.63) is 21.9 Å². The Labute approximate surface area is 88.8 Å². The fourth-order valence-corrected chi connectivity index (χ4v) is 1.82. The molecule has 82 valence electrons. The molecule has 0 aliphatic carbocycles. The highest BCUT2D eigenvalue weighted by molar-refractivity contribution is 7.12. The molecule has 3 N–H and O–H groups in total. The number of amides is 2. The smallest absolute Gasteiger partial charge is 0.320 e. The van der Waals surface area contributed by atoms with E-state index in [9.17, 15) is 13.6 Å². The molecule has 0 spiro atoms. The number of halogens is 2. The molecule has 0 atom stereocenters. The summed E-state index contributed by atoms with van der Waals surface area (Å²) in [6.45, 7) is 0.0518. The van der Waals surface area contributed by atoms with E-state index in [4.69, 9.17) is 11.1 Å². The van der Waals surface area contributed by atoms with E-state index in [1.54, 1.807) is 0 Å². The number of nitrogens with one attached hydrogen (secondary N) is 1. The molecule has 1 rings (SSSR count). The molecular weight excluding hydrogens is 224 g/mol. The van der Waals surface area contributed by atoms with Crippen LogP contribution in [0.15, 0.2) is 12.1 Å². The molecule has 0 aliphatic rings. The van der Waals surface area contributed by atoms with Crippen molar-refractivity contribution in [2.45, 2.75) is 13.0 Å². The zero-order valence-corrected chi connectivity index (χ0v) is 8.43. The van der Waals surface area contributed by atoms with Crippen LogP contribution in [0, 0.1) is 5.41 Å². The highest BCUT2D eigenvalue weighted by atomic mass is 32.1. The Kier molecular flexibility index (Phi) is 3.73. The van der Waals surface area contributed by atoms with Gasteiger partial charge in [-0.05, 0) is 12.1 Å². The van der Waals surface area contributed by atoms with Crippen LogP contribution in [0.2, 0.25) is 0 Å². The third kappa shape index (κ3) is 2.98. The van der Waals surface area contributed by atoms with Gasteiger partial charge in [-0.25, -0.2) is 13.6 Å². The van der Waals surface area contributed by atoms with Crippen LogP contribution in [0.1, 0.15) is 16.2 Å². The van der Waals surface area contributed by atoms with E-state index in [-0.39, 0.29) is 11.4 Å². The summed E-state index contributed by atoms with van der Waals surface area (Å²) in [5.41, 5.74) is 4.95. The van der Waals surface area contributed by atoms with Crippen molar-refractivity contribution >= 4 is 23.7 Å². The summed E-state index contributed by atoms with van der Waals surface area (Å²) in [6, 6.07) is 2.01. The minimum atomic E-state index is -2.51. The van der Waals surface area contributed by atoms with Gasteiger partial charge in [0.25, 0.3) is 6.43 Å². The molecule has 0 saturated heterocycles. The van der Waals surface area contributed by atoms with Gasteiger partial charge in [-0.3, -0.25) is 10.3 Å². The Hall–Kier alpha value is -1.50. The largest absolute Gasteiger partial charge is 0.351 e. The number of nitrogens with two attached hydrogens (primary N) is 1. The van der Waals surface area contributed by atoms with E-state index < -0.39 is 12.5 Å². The summed E-state index contributed by atoms with van der Waals surface area (Å²) < 4.78 is 24.4. The van der Waals surface area contributed by atoms with Crippen molar-refractivity contribution in [3.8, 4) is 0 Å². The number of thiophene rings is 1. The molecule has 0 saturated carbocycles. The van der Waals surface area contributed by atoms with Crippen LogP contribution in [0.3, 0.4) is 0 Å². The van der Waals surface area contributed by atoms with Gasteiger partial charge in [-0.2, -0.15) is 0 Å². The normalized spacial score (nSPS) is 10.3. The highest BCUT2D eigenvalue weighted by Gasteiger charge is 2.13. The molecule has 1 heterocycles. The SMILES string of the molecule is N=CN(Cc1ccc(C(F)F)s1)C(N)=O. The summed E-state index contributed by atoms with van der Waals surface area (Å²) in [5, 5.41) is 6.89. The lowest BCUT2D eigenvalue weighted by Gasteiger charge is -2.11. The van der Waals surface area contributed by atoms with Crippen LogP contribution >= 0.6 is 11.3 Å². The molecule has 4 nitrogen and oxygen atoms in total. The van der Waals surface area contributed by atoms with Crippen LogP contribution < -0.4 is 5.73 Å². The zero-order valence-electron chi connectivity index (χ0n) is 7.61. The van der Waals surface area contributed by atoms with E-state index in [0.29, 0.717) is 4.88 Å². The van der Waals surface area contributed by atoms with Crippen molar-refractivity contribution in [2.75, 3.05) is 0 Å². The third-order valence-corrected chi connectivity index (χ3v) is 2.74. The Bertz CT molecular complexity index is 367. The van der Waals surface area contributed by atoms with Gasteiger partial charge in [-0.15, -0.1) is 11.3 Å². The van der Waals surface area contributed by atoms with Crippen molar-refractivity contribution in [3.63, 3.8) is 0 Å². The number of urea groups is 1. The van der Waals surface area contributed by atoms with E-state index >= 15 is 0 Å². The Balaban J connectivity index is 2.71. The Morgan fingerprint density at radius 1 is 1.67 bits per heavy atom. The van der Waals surface area contributed by atoms with E-state index in [0.717, 1.165) is 22.6 Å². The molecule has 0 aromatic carbocycles. The molecular formula is C8H9F2N3OS. The standard InChI is InChI=1S/C8H9F2N3OS/c9-7(10)6-2-1-5(15-6)3-13(4-11)8(12)14/h1-2,4,7,11H,3H2,(H2,12,14). The van der Waals surface area contributed by atoms with E-state index in [1.807, 2.05) is 0 Å². The van der Waals surface area contributed by atoms with Crippen LogP contribution in [0.5, 0.6) is 0 Å². The number of rotatable bonds is 4. The van der Waals surface area contributed by atoms with Crippen molar-refractivity contribution < 1.29 is 13.6 Å². The number of hydrogen-bond donors (Lipinski definition) is 2. The minimum absolute atomic E-state index is 0.0518. The third-order valence-electron chi connectivity index (χ3n) is 1.66. The lowest BCUT2D eigenvalue weighted by molar-refractivity contribution is 0.155. The van der Waals surface area contributed by atoms with Gasteiger partial charge < -0.3 is 5.73 Å². The maximum atomic E-state index is 12.2. The van der Waals surface area contributed by atoms with E-state index in [1.165, 1.54) is 12.1 Å². The molecule has 0 unspecified atom stereocenters. The summed E-state index contributed by atoms with van der Waals surface area (Å²) in [7, 11) is 0. The van der Waals surface area contributed by atoms with Crippen LogP contribution in [0.25, 0.3) is 0 Å². The second-order valence-electron chi connectivity index (χ2n) is 2.70. The summed E-state index contributed by atoms with van der Waals surface area (Å²) in [5.74, 6) is 0. The van der Waals surface area contributed by atoms with Crippen LogP contribution in [0.4, 0.5) is 13.6 Å². The summed E-state index contributed by atoms with van der Waals surface area (Å²) in [4.78, 5) is 12.2. The van der Waals surface area contributed by atoms with Crippen LogP contribution in [-0.2, 0) is 6.54 Å². The first kappa shape index (κ1) is 11.6. The van der Waals surface area contributed by atoms with Gasteiger partial charge in [0.05, 0.1) is 17.8 Å². The van der Waals surface area contributed by atoms with Gasteiger partial charge in [-0.1, -0.05) is 0 Å². The average Bonchev–Trinajstić information content (AvgIpc) is 2.61. The fraction of sp³-hybridized carbons (Fsp3) is 0.250. The monoisotopic (exact) mass is 233 g/mol. The second-order valence-corrected chi connectivity index (χ2v) is 3.90. The number of nitrogens with zero attached hydrogens (tertiary/aromatic N) is 1. The van der Waals surface area contributed by atoms with Gasteiger partial charge >= 0.3 is 6.03 Å². The number of alkyl halides is 2. The maximum Gasteiger partial charge on any atom is 0.320 e. The first-order chi connectivity index (χ1) is 7.04. The average molecular weight is 233 g/mol. The van der Waals surface area contributed by atoms with Gasteiger partial charge in [0.1, 0.15) is 0 Å². The van der Waals surface area contributed by atoms with Crippen molar-refractivity contribution in [2.24, 2.45) is 5.73 Å². The number of carbonyl (C=O) groups excluding carboxylic acids is 1. The molecule has 0 aliphatic heterocycles.